The maximum atomic E-state index is 13.8. The lowest BCUT2D eigenvalue weighted by atomic mass is 10.0. The van der Waals surface area contributed by atoms with Crippen molar-refractivity contribution in [2.45, 2.75) is 21.6 Å². The first-order valence-corrected chi connectivity index (χ1v) is 9.46. The van der Waals surface area contributed by atoms with Gasteiger partial charge in [0.15, 0.2) is 9.34 Å². The van der Waals surface area contributed by atoms with Gasteiger partial charge in [-0.15, -0.1) is 11.8 Å². The van der Waals surface area contributed by atoms with E-state index in [1.807, 2.05) is 6.07 Å². The average molecular weight is 345 g/mol. The van der Waals surface area contributed by atoms with Gasteiger partial charge < -0.3 is 5.32 Å². The summed E-state index contributed by atoms with van der Waals surface area (Å²) in [6, 6.07) is 4.90. The molecule has 9 heteroatoms. The van der Waals surface area contributed by atoms with Crippen LogP contribution in [0.5, 0.6) is 0 Å². The molecule has 0 radical (unpaired) electrons. The Kier molecular flexibility index (Phi) is 3.91. The molecule has 3 rings (SSSR count). The number of nitrogens with zero attached hydrogens (tertiary/aromatic N) is 1. The van der Waals surface area contributed by atoms with Crippen molar-refractivity contribution in [1.82, 2.24) is 4.98 Å². The van der Waals surface area contributed by atoms with Gasteiger partial charge in [-0.1, -0.05) is 23.5 Å². The van der Waals surface area contributed by atoms with Crippen molar-refractivity contribution in [3.8, 4) is 0 Å². The average Bonchev–Trinajstić information content (AvgIpc) is 2.89. The number of halogens is 1. The molecule has 1 atom stereocenters. The zero-order valence-corrected chi connectivity index (χ0v) is 13.2. The Morgan fingerprint density at radius 3 is 2.95 bits per heavy atom. The fourth-order valence-corrected chi connectivity index (χ4v) is 4.79. The van der Waals surface area contributed by atoms with E-state index in [1.54, 1.807) is 6.07 Å². The van der Waals surface area contributed by atoms with Gasteiger partial charge in [0.05, 0.1) is 12.2 Å². The van der Waals surface area contributed by atoms with Crippen LogP contribution < -0.4 is 10.5 Å². The molecule has 5 nitrogen and oxygen atoms in total. The highest BCUT2D eigenvalue weighted by Gasteiger charge is 2.24. The first kappa shape index (κ1) is 14.8. The molecule has 21 heavy (non-hydrogen) atoms. The Hall–Kier alpha value is -1.16. The number of hydrogen-bond donors (Lipinski definition) is 2. The molecule has 1 aliphatic heterocycles. The quantitative estimate of drug-likeness (QED) is 0.893. The lowest BCUT2D eigenvalue weighted by Gasteiger charge is -2.25. The summed E-state index contributed by atoms with van der Waals surface area (Å²) in [5.74, 6) is 0.562. The van der Waals surface area contributed by atoms with Crippen molar-refractivity contribution in [2.24, 2.45) is 5.14 Å². The van der Waals surface area contributed by atoms with Gasteiger partial charge in [0, 0.05) is 10.6 Å². The molecule has 1 aromatic heterocycles. The molecule has 1 aromatic carbocycles. The van der Waals surface area contributed by atoms with E-state index in [0.29, 0.717) is 10.0 Å². The molecule has 2 aromatic rings. The van der Waals surface area contributed by atoms with Crippen LogP contribution in [-0.2, 0) is 10.0 Å². The SMILES string of the molecule is NS(=O)(=O)c1cnc(NC2CCSc3c(F)cccc32)s1. The summed E-state index contributed by atoms with van der Waals surface area (Å²) in [5.41, 5.74) is 0.874. The van der Waals surface area contributed by atoms with Crippen LogP contribution in [0.3, 0.4) is 0 Å². The summed E-state index contributed by atoms with van der Waals surface area (Å²) in [6.45, 7) is 0. The number of benzene rings is 1. The van der Waals surface area contributed by atoms with Crippen molar-refractivity contribution < 1.29 is 12.8 Å². The van der Waals surface area contributed by atoms with E-state index in [1.165, 1.54) is 24.0 Å². The Morgan fingerprint density at radius 1 is 1.43 bits per heavy atom. The Balaban J connectivity index is 1.87. The second-order valence-corrected chi connectivity index (χ2v) is 8.45. The standard InChI is InChI=1S/C12H12FN3O2S3/c13-8-3-1-2-7-9(4-5-19-11(7)8)16-12-15-6-10(20-12)21(14,17)18/h1-3,6,9H,4-5H2,(H,15,16)(H2,14,17,18). The second-order valence-electron chi connectivity index (χ2n) is 4.52. The van der Waals surface area contributed by atoms with Gasteiger partial charge in [-0.25, -0.2) is 22.9 Å². The number of hydrogen-bond acceptors (Lipinski definition) is 6. The number of fused-ring (bicyclic) bond motifs is 1. The molecular formula is C12H12FN3O2S3. The Bertz CT molecular complexity index is 776. The first-order chi connectivity index (χ1) is 9.95. The highest BCUT2D eigenvalue weighted by molar-refractivity contribution is 7.99. The van der Waals surface area contributed by atoms with Crippen LogP contribution in [0, 0.1) is 5.82 Å². The molecular weight excluding hydrogens is 333 g/mol. The molecule has 3 N–H and O–H groups in total. The van der Waals surface area contributed by atoms with Crippen LogP contribution in [0.1, 0.15) is 18.0 Å². The van der Waals surface area contributed by atoms with Crippen molar-refractivity contribution in [2.75, 3.05) is 11.1 Å². The summed E-state index contributed by atoms with van der Waals surface area (Å²) < 4.78 is 36.3. The molecule has 1 unspecified atom stereocenters. The maximum Gasteiger partial charge on any atom is 0.249 e. The smallest absolute Gasteiger partial charge is 0.249 e. The van der Waals surface area contributed by atoms with Gasteiger partial charge in [-0.2, -0.15) is 0 Å². The molecule has 112 valence electrons. The van der Waals surface area contributed by atoms with Crippen molar-refractivity contribution >= 4 is 38.3 Å². The highest BCUT2D eigenvalue weighted by Crippen LogP contribution is 2.39. The number of thiazole rings is 1. The van der Waals surface area contributed by atoms with Gasteiger partial charge in [0.2, 0.25) is 10.0 Å². The van der Waals surface area contributed by atoms with E-state index in [0.717, 1.165) is 29.1 Å². The number of sulfonamides is 1. The van der Waals surface area contributed by atoms with Gasteiger partial charge in [0.25, 0.3) is 0 Å². The largest absolute Gasteiger partial charge is 0.355 e. The minimum absolute atomic E-state index is 0.00894. The number of anilines is 1. The van der Waals surface area contributed by atoms with Gasteiger partial charge in [-0.05, 0) is 18.1 Å². The third kappa shape index (κ3) is 3.05. The molecule has 0 saturated carbocycles. The molecule has 0 bridgehead atoms. The van der Waals surface area contributed by atoms with Crippen LogP contribution in [0.4, 0.5) is 9.52 Å². The minimum atomic E-state index is -3.74. The van der Waals surface area contributed by atoms with E-state index < -0.39 is 10.0 Å². The minimum Gasteiger partial charge on any atom is -0.355 e. The third-order valence-electron chi connectivity index (χ3n) is 3.09. The van der Waals surface area contributed by atoms with Crippen molar-refractivity contribution in [3.05, 3.63) is 35.8 Å². The van der Waals surface area contributed by atoms with E-state index in [9.17, 15) is 12.8 Å². The summed E-state index contributed by atoms with van der Waals surface area (Å²) in [7, 11) is -3.74. The van der Waals surface area contributed by atoms with Crippen molar-refractivity contribution in [1.29, 1.82) is 0 Å². The highest BCUT2D eigenvalue weighted by atomic mass is 32.2. The molecule has 2 heterocycles. The molecule has 0 spiro atoms. The van der Waals surface area contributed by atoms with Crippen LogP contribution in [0.25, 0.3) is 0 Å². The van der Waals surface area contributed by atoms with Crippen LogP contribution in [-0.4, -0.2) is 19.2 Å². The molecule has 0 amide bonds. The number of rotatable bonds is 3. The first-order valence-electron chi connectivity index (χ1n) is 6.11. The molecule has 0 aliphatic carbocycles. The topological polar surface area (TPSA) is 85.1 Å². The lowest BCUT2D eigenvalue weighted by Crippen LogP contribution is -2.16. The van der Waals surface area contributed by atoms with Gasteiger partial charge in [0.1, 0.15) is 5.82 Å². The fraction of sp³-hybridized carbons (Fsp3) is 0.250. The summed E-state index contributed by atoms with van der Waals surface area (Å²) in [4.78, 5) is 4.66. The maximum absolute atomic E-state index is 13.8. The number of nitrogens with one attached hydrogen (secondary N) is 1. The normalized spacial score (nSPS) is 18.3. The van der Waals surface area contributed by atoms with Gasteiger partial charge >= 0.3 is 0 Å². The molecule has 0 saturated heterocycles. The van der Waals surface area contributed by atoms with E-state index in [-0.39, 0.29) is 16.1 Å². The predicted molar refractivity (Wildman–Crippen MR) is 81.6 cm³/mol. The predicted octanol–water partition coefficient (Wildman–Crippen LogP) is 2.58. The van der Waals surface area contributed by atoms with E-state index in [2.05, 4.69) is 10.3 Å². The number of primary sulfonamides is 1. The zero-order valence-electron chi connectivity index (χ0n) is 10.7. The Morgan fingerprint density at radius 2 is 2.24 bits per heavy atom. The zero-order chi connectivity index (χ0) is 15.0. The molecule has 1 aliphatic rings. The monoisotopic (exact) mass is 345 g/mol. The number of thioether (sulfide) groups is 1. The summed E-state index contributed by atoms with van der Waals surface area (Å²) in [5, 5.41) is 8.69. The van der Waals surface area contributed by atoms with E-state index >= 15 is 0 Å². The fourth-order valence-electron chi connectivity index (χ4n) is 2.14. The van der Waals surface area contributed by atoms with Crippen molar-refractivity contribution in [3.63, 3.8) is 0 Å². The van der Waals surface area contributed by atoms with E-state index in [4.69, 9.17) is 5.14 Å². The van der Waals surface area contributed by atoms with Crippen LogP contribution in [0.15, 0.2) is 33.5 Å². The van der Waals surface area contributed by atoms with Crippen LogP contribution in [0.2, 0.25) is 0 Å². The number of nitrogens with two attached hydrogens (primary N) is 1. The van der Waals surface area contributed by atoms with Crippen LogP contribution >= 0.6 is 23.1 Å². The summed E-state index contributed by atoms with van der Waals surface area (Å²) >= 11 is 2.47. The molecule has 0 fully saturated rings. The lowest BCUT2D eigenvalue weighted by molar-refractivity contribution is 0.585. The third-order valence-corrected chi connectivity index (χ3v) is 6.58. The number of aromatic nitrogens is 1. The second kappa shape index (κ2) is 5.56. The summed E-state index contributed by atoms with van der Waals surface area (Å²) in [6.07, 6.45) is 2.04. The van der Waals surface area contributed by atoms with Gasteiger partial charge in [-0.3, -0.25) is 0 Å². The Labute approximate surface area is 129 Å².